The summed E-state index contributed by atoms with van der Waals surface area (Å²) in [5, 5.41) is 10.3. The summed E-state index contributed by atoms with van der Waals surface area (Å²) in [4.78, 5) is 9.77. The maximum absolute atomic E-state index is 12.2. The van der Waals surface area contributed by atoms with Crippen LogP contribution in [0.15, 0.2) is 30.0 Å². The second-order valence-electron chi connectivity index (χ2n) is 3.01. The molecule has 0 atom stereocenters. The predicted molar refractivity (Wildman–Crippen MR) is 52.0 cm³/mol. The van der Waals surface area contributed by atoms with Crippen molar-refractivity contribution in [2.24, 2.45) is 0 Å². The highest BCUT2D eigenvalue weighted by atomic mass is 19.3. The number of halogens is 2. The maximum atomic E-state index is 12.2. The molecule has 3 nitrogen and oxygen atoms in total. The summed E-state index contributed by atoms with van der Waals surface area (Å²) in [5.41, 5.74) is 0.416. The lowest BCUT2D eigenvalue weighted by atomic mass is 10.1. The highest BCUT2D eigenvalue weighted by molar-refractivity contribution is 5.51. The van der Waals surface area contributed by atoms with E-state index in [1.54, 1.807) is 0 Å². The Morgan fingerprint density at radius 2 is 1.93 bits per heavy atom. The Balaban J connectivity index is 2.90. The Labute approximate surface area is 85.2 Å². The average Bonchev–Trinajstić information content (AvgIpc) is 2.18. The molecule has 0 bridgehead atoms. The van der Waals surface area contributed by atoms with Crippen molar-refractivity contribution >= 4 is 6.08 Å². The van der Waals surface area contributed by atoms with Gasteiger partial charge in [-0.3, -0.25) is 10.1 Å². The summed E-state index contributed by atoms with van der Waals surface area (Å²) in [6.07, 6.45) is -1.19. The maximum Gasteiger partial charge on any atom is 0.263 e. The molecule has 0 amide bonds. The van der Waals surface area contributed by atoms with Crippen molar-refractivity contribution in [2.45, 2.75) is 13.3 Å². The lowest BCUT2D eigenvalue weighted by Gasteiger charge is -1.99. The van der Waals surface area contributed by atoms with Gasteiger partial charge in [0, 0.05) is 18.6 Å². The van der Waals surface area contributed by atoms with E-state index in [1.165, 1.54) is 37.3 Å². The van der Waals surface area contributed by atoms with Crippen LogP contribution in [0.3, 0.4) is 0 Å². The molecule has 1 rings (SSSR count). The molecule has 1 aromatic rings. The Hall–Kier alpha value is -1.78. The second kappa shape index (κ2) is 4.63. The second-order valence-corrected chi connectivity index (χ2v) is 3.01. The first-order valence-corrected chi connectivity index (χ1v) is 4.21. The van der Waals surface area contributed by atoms with Gasteiger partial charge in [0.1, 0.15) is 0 Å². The van der Waals surface area contributed by atoms with E-state index in [-0.39, 0.29) is 11.3 Å². The molecule has 0 heterocycles. The van der Waals surface area contributed by atoms with E-state index in [9.17, 15) is 18.9 Å². The van der Waals surface area contributed by atoms with E-state index < -0.39 is 11.3 Å². The number of rotatable bonds is 3. The molecule has 0 saturated heterocycles. The molecule has 80 valence electrons. The van der Waals surface area contributed by atoms with Crippen LogP contribution < -0.4 is 0 Å². The van der Waals surface area contributed by atoms with Gasteiger partial charge < -0.3 is 0 Å². The van der Waals surface area contributed by atoms with E-state index in [0.29, 0.717) is 5.56 Å². The monoisotopic (exact) mass is 213 g/mol. The summed E-state index contributed by atoms with van der Waals surface area (Å²) in [7, 11) is 0. The van der Waals surface area contributed by atoms with Crippen molar-refractivity contribution in [1.82, 2.24) is 0 Å². The van der Waals surface area contributed by atoms with Crippen molar-refractivity contribution in [3.63, 3.8) is 0 Å². The van der Waals surface area contributed by atoms with Crippen molar-refractivity contribution in [3.8, 4) is 0 Å². The fourth-order valence-corrected chi connectivity index (χ4v) is 1.03. The Kier molecular flexibility index (Phi) is 3.49. The van der Waals surface area contributed by atoms with Crippen molar-refractivity contribution in [1.29, 1.82) is 0 Å². The first kappa shape index (κ1) is 11.3. The molecule has 0 saturated carbocycles. The number of hydrogen-bond acceptors (Lipinski definition) is 2. The Bertz CT molecular complexity index is 385. The zero-order valence-electron chi connectivity index (χ0n) is 7.98. The third kappa shape index (κ3) is 3.12. The van der Waals surface area contributed by atoms with Crippen molar-refractivity contribution in [2.75, 3.05) is 0 Å². The molecule has 0 aliphatic carbocycles. The summed E-state index contributed by atoms with van der Waals surface area (Å²) >= 11 is 0. The third-order valence-corrected chi connectivity index (χ3v) is 1.85. The predicted octanol–water partition coefficient (Wildman–Crippen LogP) is 3.26. The number of allylic oxidation sites excluding steroid dienone is 1. The lowest BCUT2D eigenvalue weighted by Crippen LogP contribution is -1.93. The fourth-order valence-electron chi connectivity index (χ4n) is 1.03. The van der Waals surface area contributed by atoms with Crippen molar-refractivity contribution in [3.05, 3.63) is 51.2 Å². The van der Waals surface area contributed by atoms with Crippen LogP contribution in [0, 0.1) is 10.1 Å². The van der Waals surface area contributed by atoms with Crippen LogP contribution in [0.4, 0.5) is 8.78 Å². The fraction of sp³-hybridized carbons (Fsp3) is 0.200. The largest absolute Gasteiger partial charge is 0.263 e. The van der Waals surface area contributed by atoms with E-state index in [4.69, 9.17) is 0 Å². The average molecular weight is 213 g/mol. The number of hydrogen-bond donors (Lipinski definition) is 0. The SMILES string of the molecule is C/C(=C/c1ccc(C(F)F)cc1)[N+](=O)[O-]. The van der Waals surface area contributed by atoms with E-state index in [2.05, 4.69) is 0 Å². The summed E-state index contributed by atoms with van der Waals surface area (Å²) in [6, 6.07) is 5.36. The zero-order valence-corrected chi connectivity index (χ0v) is 7.98. The van der Waals surface area contributed by atoms with Crippen LogP contribution in [0.25, 0.3) is 6.08 Å². The van der Waals surface area contributed by atoms with Gasteiger partial charge in [-0.25, -0.2) is 8.78 Å². The first-order chi connectivity index (χ1) is 7.00. The molecule has 0 aliphatic rings. The molecule has 15 heavy (non-hydrogen) atoms. The lowest BCUT2D eigenvalue weighted by molar-refractivity contribution is -0.422. The van der Waals surface area contributed by atoms with Gasteiger partial charge in [0.15, 0.2) is 0 Å². The van der Waals surface area contributed by atoms with Gasteiger partial charge in [-0.15, -0.1) is 0 Å². The normalized spacial score (nSPS) is 11.9. The molecule has 1 aromatic carbocycles. The Morgan fingerprint density at radius 1 is 1.40 bits per heavy atom. The van der Waals surface area contributed by atoms with Gasteiger partial charge in [0.25, 0.3) is 6.43 Å². The van der Waals surface area contributed by atoms with Crippen LogP contribution >= 0.6 is 0 Å². The van der Waals surface area contributed by atoms with Gasteiger partial charge in [-0.05, 0) is 5.56 Å². The number of nitro groups is 1. The summed E-state index contributed by atoms with van der Waals surface area (Å²) in [6.45, 7) is 1.35. The van der Waals surface area contributed by atoms with Crippen LogP contribution in [0.1, 0.15) is 24.5 Å². The molecule has 0 fully saturated rings. The minimum Gasteiger partial charge on any atom is -0.259 e. The highest BCUT2D eigenvalue weighted by Gasteiger charge is 2.06. The van der Waals surface area contributed by atoms with E-state index in [1.807, 2.05) is 0 Å². The van der Waals surface area contributed by atoms with E-state index in [0.717, 1.165) is 0 Å². The van der Waals surface area contributed by atoms with Crippen molar-refractivity contribution < 1.29 is 13.7 Å². The minimum atomic E-state index is -2.51. The van der Waals surface area contributed by atoms with Gasteiger partial charge >= 0.3 is 0 Å². The van der Waals surface area contributed by atoms with Crippen LogP contribution in [0.2, 0.25) is 0 Å². The molecule has 0 aromatic heterocycles. The van der Waals surface area contributed by atoms with Gasteiger partial charge in [0.2, 0.25) is 5.70 Å². The summed E-state index contributed by atoms with van der Waals surface area (Å²) < 4.78 is 24.3. The topological polar surface area (TPSA) is 43.1 Å². The summed E-state index contributed by atoms with van der Waals surface area (Å²) in [5.74, 6) is 0. The quantitative estimate of drug-likeness (QED) is 0.571. The van der Waals surface area contributed by atoms with E-state index >= 15 is 0 Å². The molecular formula is C10H9F2NO2. The van der Waals surface area contributed by atoms with Crippen LogP contribution in [0.5, 0.6) is 0 Å². The molecule has 0 aliphatic heterocycles. The van der Waals surface area contributed by atoms with Crippen LogP contribution in [-0.4, -0.2) is 4.92 Å². The van der Waals surface area contributed by atoms with Gasteiger partial charge in [-0.1, -0.05) is 24.3 Å². The molecule has 0 spiro atoms. The van der Waals surface area contributed by atoms with Crippen LogP contribution in [-0.2, 0) is 0 Å². The molecule has 0 radical (unpaired) electrons. The first-order valence-electron chi connectivity index (χ1n) is 4.21. The number of nitrogens with zero attached hydrogens (tertiary/aromatic N) is 1. The van der Waals surface area contributed by atoms with Gasteiger partial charge in [0.05, 0.1) is 4.92 Å². The minimum absolute atomic E-state index is 0.0280. The van der Waals surface area contributed by atoms with Gasteiger partial charge in [-0.2, -0.15) is 0 Å². The Morgan fingerprint density at radius 3 is 2.33 bits per heavy atom. The number of benzene rings is 1. The molecule has 0 N–H and O–H groups in total. The number of alkyl halides is 2. The molecule has 5 heteroatoms. The highest BCUT2D eigenvalue weighted by Crippen LogP contribution is 2.19. The smallest absolute Gasteiger partial charge is 0.259 e. The molecular weight excluding hydrogens is 204 g/mol. The zero-order chi connectivity index (χ0) is 11.4. The standard InChI is InChI=1S/C10H9F2NO2/c1-7(13(14)15)6-8-2-4-9(5-3-8)10(11)12/h2-6,10H,1H3/b7-6-. The third-order valence-electron chi connectivity index (χ3n) is 1.85. The molecule has 0 unspecified atom stereocenters.